The quantitative estimate of drug-likeness (QED) is 0.580. The molecule has 5 heteroatoms. The molecule has 1 aromatic rings. The highest BCUT2D eigenvalue weighted by Gasteiger charge is 2.55. The van der Waals surface area contributed by atoms with Crippen molar-refractivity contribution in [1.29, 1.82) is 0 Å². The summed E-state index contributed by atoms with van der Waals surface area (Å²) in [6, 6.07) is 9.21. The molecule has 0 bridgehead atoms. The van der Waals surface area contributed by atoms with Crippen LogP contribution in [0.1, 0.15) is 31.2 Å². The number of likely N-dealkylation sites (tertiary alicyclic amines) is 2. The molecule has 3 aliphatic heterocycles. The molecule has 1 aromatic carbocycles. The van der Waals surface area contributed by atoms with E-state index < -0.39 is 0 Å². The van der Waals surface area contributed by atoms with Crippen LogP contribution in [0.25, 0.3) is 0 Å². The van der Waals surface area contributed by atoms with Gasteiger partial charge >= 0.3 is 0 Å². The third-order valence-electron chi connectivity index (χ3n) is 7.69. The summed E-state index contributed by atoms with van der Waals surface area (Å²) in [6.07, 6.45) is 5.41. The molecule has 0 amide bonds. The van der Waals surface area contributed by atoms with Gasteiger partial charge in [0, 0.05) is 51.6 Å². The van der Waals surface area contributed by atoms with Gasteiger partial charge in [0.05, 0.1) is 19.8 Å². The van der Waals surface area contributed by atoms with Crippen LogP contribution in [0, 0.1) is 17.8 Å². The van der Waals surface area contributed by atoms with Crippen molar-refractivity contribution in [2.24, 2.45) is 17.8 Å². The number of anilines is 1. The van der Waals surface area contributed by atoms with Crippen molar-refractivity contribution in [3.05, 3.63) is 29.8 Å². The minimum Gasteiger partial charge on any atom is -0.381 e. The van der Waals surface area contributed by atoms with Gasteiger partial charge in [0.25, 0.3) is 0 Å². The number of rotatable bonds is 9. The minimum absolute atomic E-state index is 0.833. The lowest BCUT2D eigenvalue weighted by molar-refractivity contribution is 0.0967. The number of benzene rings is 1. The largest absolute Gasteiger partial charge is 0.381 e. The summed E-state index contributed by atoms with van der Waals surface area (Å²) in [7, 11) is 0. The van der Waals surface area contributed by atoms with Gasteiger partial charge in [-0.1, -0.05) is 18.6 Å². The van der Waals surface area contributed by atoms with Gasteiger partial charge in [0.2, 0.25) is 0 Å². The van der Waals surface area contributed by atoms with E-state index in [4.69, 9.17) is 9.47 Å². The zero-order valence-electron chi connectivity index (χ0n) is 18.5. The summed E-state index contributed by atoms with van der Waals surface area (Å²) in [5.41, 5.74) is 2.78. The molecule has 166 valence electrons. The topological polar surface area (TPSA) is 28.2 Å². The van der Waals surface area contributed by atoms with Gasteiger partial charge in [-0.2, -0.15) is 0 Å². The van der Waals surface area contributed by atoms with E-state index in [2.05, 4.69) is 39.0 Å². The molecule has 3 saturated heterocycles. The number of hydrogen-bond donors (Lipinski definition) is 0. The Balaban J connectivity index is 0.962. The molecule has 3 atom stereocenters. The van der Waals surface area contributed by atoms with E-state index in [1.54, 1.807) is 0 Å². The van der Waals surface area contributed by atoms with E-state index in [9.17, 15) is 0 Å². The zero-order valence-corrected chi connectivity index (χ0v) is 18.5. The highest BCUT2D eigenvalue weighted by atomic mass is 16.5. The number of morpholine rings is 1. The number of fused-ring (bicyclic) bond motifs is 1. The summed E-state index contributed by atoms with van der Waals surface area (Å²) >= 11 is 0. The second kappa shape index (κ2) is 9.99. The second-order valence-corrected chi connectivity index (χ2v) is 9.78. The predicted octanol–water partition coefficient (Wildman–Crippen LogP) is 3.09. The highest BCUT2D eigenvalue weighted by Crippen LogP contribution is 2.52. The second-order valence-electron chi connectivity index (χ2n) is 9.78. The Hall–Kier alpha value is -1.14. The molecule has 0 N–H and O–H groups in total. The van der Waals surface area contributed by atoms with E-state index in [0.717, 1.165) is 63.8 Å². The third-order valence-corrected chi connectivity index (χ3v) is 7.69. The smallest absolute Gasteiger partial charge is 0.0642 e. The lowest BCUT2D eigenvalue weighted by Crippen LogP contribution is -2.36. The predicted molar refractivity (Wildman–Crippen MR) is 121 cm³/mol. The molecule has 5 nitrogen and oxygen atoms in total. The first-order valence-corrected chi connectivity index (χ1v) is 12.3. The van der Waals surface area contributed by atoms with Crippen LogP contribution in [0.3, 0.4) is 0 Å². The Morgan fingerprint density at radius 2 is 1.60 bits per heavy atom. The lowest BCUT2D eigenvalue weighted by atomic mass is 10.1. The molecule has 5 rings (SSSR count). The van der Waals surface area contributed by atoms with E-state index in [0.29, 0.717) is 0 Å². The van der Waals surface area contributed by atoms with Crippen molar-refractivity contribution in [2.75, 3.05) is 77.1 Å². The van der Waals surface area contributed by atoms with E-state index >= 15 is 0 Å². The Morgan fingerprint density at radius 3 is 2.33 bits per heavy atom. The monoisotopic (exact) mass is 413 g/mol. The van der Waals surface area contributed by atoms with Crippen molar-refractivity contribution < 1.29 is 9.47 Å². The van der Waals surface area contributed by atoms with Crippen LogP contribution in [-0.2, 0) is 16.0 Å². The van der Waals surface area contributed by atoms with Gasteiger partial charge in [0.15, 0.2) is 0 Å². The van der Waals surface area contributed by atoms with Crippen LogP contribution in [0.2, 0.25) is 0 Å². The van der Waals surface area contributed by atoms with E-state index in [-0.39, 0.29) is 0 Å². The van der Waals surface area contributed by atoms with Gasteiger partial charge in [-0.15, -0.1) is 0 Å². The number of piperidine rings is 2. The van der Waals surface area contributed by atoms with Crippen LogP contribution < -0.4 is 4.90 Å². The lowest BCUT2D eigenvalue weighted by Gasteiger charge is -2.29. The summed E-state index contributed by atoms with van der Waals surface area (Å²) in [5, 5.41) is 0. The molecule has 30 heavy (non-hydrogen) atoms. The Labute approximate surface area is 182 Å². The molecule has 0 unspecified atom stereocenters. The zero-order chi connectivity index (χ0) is 20.2. The van der Waals surface area contributed by atoms with Gasteiger partial charge < -0.3 is 19.3 Å². The van der Waals surface area contributed by atoms with E-state index in [1.165, 1.54) is 69.7 Å². The molecule has 0 aromatic heterocycles. The molecule has 4 aliphatic rings. The fourth-order valence-corrected chi connectivity index (χ4v) is 5.80. The van der Waals surface area contributed by atoms with Crippen molar-refractivity contribution >= 4 is 5.69 Å². The maximum Gasteiger partial charge on any atom is 0.0642 e. The van der Waals surface area contributed by atoms with Crippen molar-refractivity contribution in [3.63, 3.8) is 0 Å². The molecular formula is C25H39N3O2. The first-order valence-electron chi connectivity index (χ1n) is 12.3. The number of ether oxygens (including phenoxy) is 2. The average molecular weight is 414 g/mol. The molecule has 3 heterocycles. The molecule has 1 aliphatic carbocycles. The van der Waals surface area contributed by atoms with Gasteiger partial charge in [-0.25, -0.2) is 0 Å². The van der Waals surface area contributed by atoms with Crippen LogP contribution >= 0.6 is 0 Å². The molecular weight excluding hydrogens is 374 g/mol. The van der Waals surface area contributed by atoms with Gasteiger partial charge in [0.1, 0.15) is 0 Å². The fraction of sp³-hybridized carbons (Fsp3) is 0.760. The summed E-state index contributed by atoms with van der Waals surface area (Å²) in [4.78, 5) is 7.69. The van der Waals surface area contributed by atoms with Crippen LogP contribution in [-0.4, -0.2) is 82.0 Å². The Morgan fingerprint density at radius 1 is 0.867 bits per heavy atom. The van der Waals surface area contributed by atoms with Crippen molar-refractivity contribution in [3.8, 4) is 0 Å². The SMILES string of the molecule is c1cc(N2CCOCC2)ccc1CN1C[C@@H]2[C@@H](COCCCN3CCCCC3)[C@@H]2C1. The van der Waals surface area contributed by atoms with Crippen molar-refractivity contribution in [1.82, 2.24) is 9.80 Å². The normalized spacial score (nSPS) is 29.9. The van der Waals surface area contributed by atoms with Crippen molar-refractivity contribution in [2.45, 2.75) is 32.2 Å². The summed E-state index contributed by atoms with van der Waals surface area (Å²) in [5.74, 6) is 2.61. The summed E-state index contributed by atoms with van der Waals surface area (Å²) in [6.45, 7) is 13.1. The van der Waals surface area contributed by atoms with Gasteiger partial charge in [-0.05, 0) is 67.8 Å². The maximum atomic E-state index is 6.05. The molecule has 4 fully saturated rings. The molecule has 0 spiro atoms. The third kappa shape index (κ3) is 5.18. The average Bonchev–Trinajstić information content (AvgIpc) is 3.25. The molecule has 1 saturated carbocycles. The fourth-order valence-electron chi connectivity index (χ4n) is 5.80. The maximum absolute atomic E-state index is 6.05. The Kier molecular flexibility index (Phi) is 6.91. The first kappa shape index (κ1) is 20.7. The molecule has 0 radical (unpaired) electrons. The highest BCUT2D eigenvalue weighted by molar-refractivity contribution is 5.47. The van der Waals surface area contributed by atoms with Crippen LogP contribution in [0.5, 0.6) is 0 Å². The van der Waals surface area contributed by atoms with E-state index in [1.807, 2.05) is 0 Å². The Bertz CT molecular complexity index is 643. The standard InChI is InChI=1S/C25H39N3O2/c1-2-9-26(10-3-1)11-4-14-30-20-25-23-18-27(19-24(23)25)17-21-5-7-22(8-6-21)28-12-15-29-16-13-28/h5-8,23-25H,1-4,9-20H2/t23-,24+,25+. The van der Waals surface area contributed by atoms with Crippen LogP contribution in [0.4, 0.5) is 5.69 Å². The first-order chi connectivity index (χ1) is 14.9. The van der Waals surface area contributed by atoms with Crippen LogP contribution in [0.15, 0.2) is 24.3 Å². The van der Waals surface area contributed by atoms with Gasteiger partial charge in [-0.3, -0.25) is 4.90 Å². The minimum atomic E-state index is 0.833. The summed E-state index contributed by atoms with van der Waals surface area (Å²) < 4.78 is 11.5. The number of hydrogen-bond acceptors (Lipinski definition) is 5. The number of nitrogens with zero attached hydrogens (tertiary/aromatic N) is 3.